The van der Waals surface area contributed by atoms with Crippen LogP contribution in [-0.2, 0) is 10.0 Å². The van der Waals surface area contributed by atoms with Gasteiger partial charge in [0.15, 0.2) is 5.52 Å². The summed E-state index contributed by atoms with van der Waals surface area (Å²) in [6, 6.07) is 8.69. The maximum atomic E-state index is 12.8. The molecule has 0 atom stereocenters. The molecule has 0 saturated heterocycles. The van der Waals surface area contributed by atoms with Gasteiger partial charge in [0.2, 0.25) is 10.0 Å². The Morgan fingerprint density at radius 1 is 1.30 bits per heavy atom. The summed E-state index contributed by atoms with van der Waals surface area (Å²) < 4.78 is 33.1. The largest absolute Gasteiger partial charge is 0.370 e. The average Bonchev–Trinajstić information content (AvgIpc) is 3.37. The fourth-order valence-corrected chi connectivity index (χ4v) is 5.33. The van der Waals surface area contributed by atoms with Gasteiger partial charge in [0.05, 0.1) is 11.3 Å². The minimum Gasteiger partial charge on any atom is -0.370 e. The third-order valence-corrected chi connectivity index (χ3v) is 7.10. The van der Waals surface area contributed by atoms with Gasteiger partial charge in [-0.05, 0) is 41.4 Å². The van der Waals surface area contributed by atoms with E-state index in [0.29, 0.717) is 29.6 Å². The molecule has 0 radical (unpaired) electrons. The van der Waals surface area contributed by atoms with Crippen molar-refractivity contribution in [3.8, 4) is 6.07 Å². The van der Waals surface area contributed by atoms with Crippen LogP contribution in [0.1, 0.15) is 18.4 Å². The highest BCUT2D eigenvalue weighted by Gasteiger charge is 2.37. The van der Waals surface area contributed by atoms with E-state index in [1.54, 1.807) is 24.5 Å². The molecule has 5 rings (SSSR count). The number of rotatable bonds is 5. The van der Waals surface area contributed by atoms with Gasteiger partial charge in [0, 0.05) is 36.9 Å². The van der Waals surface area contributed by atoms with Gasteiger partial charge < -0.3 is 9.88 Å². The van der Waals surface area contributed by atoms with E-state index < -0.39 is 10.0 Å². The zero-order valence-electron chi connectivity index (χ0n) is 15.9. The van der Waals surface area contributed by atoms with Crippen molar-refractivity contribution in [2.45, 2.75) is 29.8 Å². The maximum absolute atomic E-state index is 12.8. The van der Waals surface area contributed by atoms with Crippen LogP contribution in [0.15, 0.2) is 46.2 Å². The zero-order valence-corrected chi connectivity index (χ0v) is 16.7. The summed E-state index contributed by atoms with van der Waals surface area (Å²) in [5.74, 6) is 0. The van der Waals surface area contributed by atoms with Crippen molar-refractivity contribution in [3.63, 3.8) is 0 Å². The molecule has 3 heterocycles. The summed E-state index contributed by atoms with van der Waals surface area (Å²) >= 11 is 0. The molecule has 1 fully saturated rings. The first-order valence-electron chi connectivity index (χ1n) is 9.30. The molecular formula is C19H17N7O3S. The molecule has 10 nitrogen and oxygen atoms in total. The highest BCUT2D eigenvalue weighted by molar-refractivity contribution is 7.89. The number of aromatic nitrogens is 4. The van der Waals surface area contributed by atoms with Crippen molar-refractivity contribution in [2.24, 2.45) is 0 Å². The first-order chi connectivity index (χ1) is 14.5. The highest BCUT2D eigenvalue weighted by Crippen LogP contribution is 2.35. The number of sulfonamides is 1. The van der Waals surface area contributed by atoms with Gasteiger partial charge in [0.1, 0.15) is 22.1 Å². The molecule has 1 saturated carbocycles. The number of benzene rings is 1. The van der Waals surface area contributed by atoms with Gasteiger partial charge in [-0.1, -0.05) is 6.07 Å². The Morgan fingerprint density at radius 3 is 2.93 bits per heavy atom. The molecule has 3 aromatic heterocycles. The van der Waals surface area contributed by atoms with Gasteiger partial charge in [0.25, 0.3) is 0 Å². The number of fused-ring (bicyclic) bond motifs is 2. The summed E-state index contributed by atoms with van der Waals surface area (Å²) in [5.41, 5.74) is 2.60. The quantitative estimate of drug-likeness (QED) is 0.496. The first-order valence-corrected chi connectivity index (χ1v) is 10.8. The lowest BCUT2D eigenvalue weighted by Gasteiger charge is -2.42. The van der Waals surface area contributed by atoms with Crippen LogP contribution in [0, 0.1) is 11.3 Å². The molecule has 2 N–H and O–H groups in total. The number of aromatic amines is 1. The number of nitrogens with one attached hydrogen (secondary N) is 2. The molecule has 11 heteroatoms. The molecule has 1 aliphatic carbocycles. The Morgan fingerprint density at radius 2 is 2.13 bits per heavy atom. The SMILES string of the molecule is CN(c1c(C#N)cnc2[nH]ccc12)[C@H]1C[C@@H](NS(=O)(=O)c2cccc3nonc23)C1. The molecule has 1 aliphatic rings. The van der Waals surface area contributed by atoms with E-state index >= 15 is 0 Å². The molecule has 4 aromatic rings. The predicted molar refractivity (Wildman–Crippen MR) is 108 cm³/mol. The predicted octanol–water partition coefficient (Wildman–Crippen LogP) is 1.92. The van der Waals surface area contributed by atoms with Crippen molar-refractivity contribution in [1.29, 1.82) is 5.26 Å². The normalized spacial score (nSPS) is 18.9. The molecule has 0 aliphatic heterocycles. The third-order valence-electron chi connectivity index (χ3n) is 5.55. The zero-order chi connectivity index (χ0) is 20.9. The highest BCUT2D eigenvalue weighted by atomic mass is 32.2. The van der Waals surface area contributed by atoms with Crippen molar-refractivity contribution in [1.82, 2.24) is 25.0 Å². The Balaban J connectivity index is 1.34. The van der Waals surface area contributed by atoms with E-state index in [9.17, 15) is 13.7 Å². The molecule has 0 spiro atoms. The first kappa shape index (κ1) is 18.5. The van der Waals surface area contributed by atoms with E-state index in [2.05, 4.69) is 35.7 Å². The summed E-state index contributed by atoms with van der Waals surface area (Å²) in [6.07, 6.45) is 4.56. The lowest BCUT2D eigenvalue weighted by Crippen LogP contribution is -2.53. The monoisotopic (exact) mass is 423 g/mol. The van der Waals surface area contributed by atoms with Crippen molar-refractivity contribution >= 4 is 37.8 Å². The van der Waals surface area contributed by atoms with E-state index in [0.717, 1.165) is 11.1 Å². The second-order valence-corrected chi connectivity index (χ2v) is 9.00. The van der Waals surface area contributed by atoms with Crippen LogP contribution in [0.5, 0.6) is 0 Å². The molecule has 152 valence electrons. The van der Waals surface area contributed by atoms with Crippen molar-refractivity contribution < 1.29 is 13.0 Å². The minimum absolute atomic E-state index is 0.0491. The van der Waals surface area contributed by atoms with Gasteiger partial charge in [-0.15, -0.1) is 0 Å². The number of anilines is 1. The lowest BCUT2D eigenvalue weighted by molar-refractivity contribution is 0.314. The van der Waals surface area contributed by atoms with E-state index in [1.807, 2.05) is 18.0 Å². The maximum Gasteiger partial charge on any atom is 0.243 e. The standard InChI is InChI=1S/C19H17N7O3S/c1-26(18-11(9-20)10-22-19-14(18)5-6-21-19)13-7-12(8-13)25-30(27,28)16-4-2-3-15-17(16)24-29-23-15/h2-6,10,12-13,25H,7-8H2,1H3,(H,21,22)/t12-,13+. The topological polar surface area (TPSA) is 141 Å². The third kappa shape index (κ3) is 2.89. The van der Waals surface area contributed by atoms with Crippen LogP contribution < -0.4 is 9.62 Å². The van der Waals surface area contributed by atoms with Crippen molar-refractivity contribution in [3.05, 3.63) is 42.2 Å². The summed E-state index contributed by atoms with van der Waals surface area (Å²) in [5, 5.41) is 17.8. The molecular weight excluding hydrogens is 406 g/mol. The van der Waals surface area contributed by atoms with Gasteiger partial charge in [-0.2, -0.15) is 5.26 Å². The molecule has 0 bridgehead atoms. The number of pyridine rings is 1. The lowest BCUT2D eigenvalue weighted by atomic mass is 9.86. The van der Waals surface area contributed by atoms with Crippen LogP contribution in [0.25, 0.3) is 22.1 Å². The second kappa shape index (κ2) is 6.79. The van der Waals surface area contributed by atoms with Gasteiger partial charge >= 0.3 is 0 Å². The van der Waals surface area contributed by atoms with Crippen LogP contribution in [0.3, 0.4) is 0 Å². The number of hydrogen-bond donors (Lipinski definition) is 2. The van der Waals surface area contributed by atoms with Gasteiger partial charge in [-0.25, -0.2) is 22.8 Å². The van der Waals surface area contributed by atoms with E-state index in [1.165, 1.54) is 6.07 Å². The summed E-state index contributed by atoms with van der Waals surface area (Å²) in [7, 11) is -1.85. The number of nitriles is 1. The van der Waals surface area contributed by atoms with E-state index in [4.69, 9.17) is 0 Å². The number of hydrogen-bond acceptors (Lipinski definition) is 8. The smallest absolute Gasteiger partial charge is 0.243 e. The van der Waals surface area contributed by atoms with Crippen LogP contribution >= 0.6 is 0 Å². The summed E-state index contributed by atoms with van der Waals surface area (Å²) in [4.78, 5) is 9.39. The van der Waals surface area contributed by atoms with Crippen molar-refractivity contribution in [2.75, 3.05) is 11.9 Å². The second-order valence-electron chi connectivity index (χ2n) is 7.31. The molecule has 1 aromatic carbocycles. The Kier molecular flexibility index (Phi) is 4.19. The van der Waals surface area contributed by atoms with Crippen LogP contribution in [0.2, 0.25) is 0 Å². The van der Waals surface area contributed by atoms with Gasteiger partial charge in [-0.3, -0.25) is 0 Å². The number of H-pyrrole nitrogens is 1. The fourth-order valence-electron chi connectivity index (χ4n) is 3.92. The number of nitrogens with zero attached hydrogens (tertiary/aromatic N) is 5. The Labute approximate surface area is 171 Å². The van der Waals surface area contributed by atoms with E-state index in [-0.39, 0.29) is 22.5 Å². The Hall–Kier alpha value is -3.49. The summed E-state index contributed by atoms with van der Waals surface area (Å²) in [6.45, 7) is 0. The van der Waals surface area contributed by atoms with Crippen LogP contribution in [-0.4, -0.2) is 47.8 Å². The fraction of sp³-hybridized carbons (Fsp3) is 0.263. The molecule has 30 heavy (non-hydrogen) atoms. The average molecular weight is 423 g/mol. The molecule has 0 amide bonds. The Bertz CT molecular complexity index is 1400. The molecule has 0 unspecified atom stereocenters. The minimum atomic E-state index is -3.77. The van der Waals surface area contributed by atoms with Crippen LogP contribution in [0.4, 0.5) is 5.69 Å².